The molecular weight excluding hydrogens is 324 g/mol. The molecule has 2 rings (SSSR count). The third-order valence-corrected chi connectivity index (χ3v) is 3.87. The van der Waals surface area contributed by atoms with Gasteiger partial charge in [0.2, 0.25) is 5.91 Å². The highest BCUT2D eigenvalue weighted by atomic mass is 35.5. The molecule has 1 amide bonds. The second-order valence-corrected chi connectivity index (χ2v) is 6.55. The Morgan fingerprint density at radius 2 is 1.79 bits per heavy atom. The van der Waals surface area contributed by atoms with Crippen LogP contribution >= 0.6 is 12.4 Å². The first-order valence-corrected chi connectivity index (χ1v) is 7.98. The van der Waals surface area contributed by atoms with Gasteiger partial charge in [0.15, 0.2) is 5.82 Å². The number of benzene rings is 1. The average molecular weight is 351 g/mol. The summed E-state index contributed by atoms with van der Waals surface area (Å²) < 4.78 is 1.84. The van der Waals surface area contributed by atoms with Crippen molar-refractivity contribution < 1.29 is 4.79 Å². The van der Waals surface area contributed by atoms with Crippen LogP contribution in [-0.2, 0) is 4.79 Å². The summed E-state index contributed by atoms with van der Waals surface area (Å²) in [6, 6.07) is 8.12. The van der Waals surface area contributed by atoms with E-state index in [2.05, 4.69) is 42.5 Å². The van der Waals surface area contributed by atoms with Crippen LogP contribution < -0.4 is 11.1 Å². The third-order valence-electron chi connectivity index (χ3n) is 3.87. The molecule has 24 heavy (non-hydrogen) atoms. The van der Waals surface area contributed by atoms with E-state index in [9.17, 15) is 4.79 Å². The first kappa shape index (κ1) is 20.2. The molecule has 1 aromatic heterocycles. The minimum Gasteiger partial charge on any atom is -0.318 e. The molecule has 0 aliphatic rings. The summed E-state index contributed by atoms with van der Waals surface area (Å²) in [6.07, 6.45) is 1.49. The maximum Gasteiger partial charge on any atom is 0.245 e. The molecule has 6 heteroatoms. The van der Waals surface area contributed by atoms with Crippen molar-refractivity contribution in [2.75, 3.05) is 5.32 Å². The van der Waals surface area contributed by atoms with Gasteiger partial charge >= 0.3 is 0 Å². The zero-order valence-corrected chi connectivity index (χ0v) is 15.8. The van der Waals surface area contributed by atoms with Gasteiger partial charge in [-0.25, -0.2) is 4.68 Å². The number of carbonyl (C=O) groups excluding carboxylic acids is 1. The van der Waals surface area contributed by atoms with Gasteiger partial charge in [0.1, 0.15) is 0 Å². The lowest BCUT2D eigenvalue weighted by atomic mass is 9.97. The zero-order valence-electron chi connectivity index (χ0n) is 15.0. The predicted octanol–water partition coefficient (Wildman–Crippen LogP) is 3.68. The van der Waals surface area contributed by atoms with Crippen LogP contribution in [0.3, 0.4) is 0 Å². The standard InChI is InChI=1S/C18H26N4O.ClH/c1-6-7-18(5,19)17(23)20-16-11-14(4)22(21-16)15-9-12(2)8-13(3)10-15;/h8-11H,6-7,19H2,1-5H3,(H,20,21,23);1H. The van der Waals surface area contributed by atoms with E-state index >= 15 is 0 Å². The zero-order chi connectivity index (χ0) is 17.2. The Hall–Kier alpha value is -1.85. The summed E-state index contributed by atoms with van der Waals surface area (Å²) in [5, 5.41) is 7.34. The summed E-state index contributed by atoms with van der Waals surface area (Å²) in [7, 11) is 0. The van der Waals surface area contributed by atoms with E-state index in [0.717, 1.165) is 17.8 Å². The quantitative estimate of drug-likeness (QED) is 0.863. The lowest BCUT2D eigenvalue weighted by molar-refractivity contribution is -0.120. The van der Waals surface area contributed by atoms with Crippen molar-refractivity contribution in [3.63, 3.8) is 0 Å². The van der Waals surface area contributed by atoms with Crippen molar-refractivity contribution in [3.8, 4) is 5.69 Å². The molecule has 0 saturated carbocycles. The van der Waals surface area contributed by atoms with E-state index in [1.54, 1.807) is 6.92 Å². The smallest absolute Gasteiger partial charge is 0.245 e. The van der Waals surface area contributed by atoms with Gasteiger partial charge < -0.3 is 11.1 Å². The van der Waals surface area contributed by atoms with Gasteiger partial charge in [-0.3, -0.25) is 4.79 Å². The normalized spacial score (nSPS) is 13.1. The Labute approximate surface area is 150 Å². The Bertz CT molecular complexity index is 702. The first-order valence-electron chi connectivity index (χ1n) is 7.98. The molecule has 0 aliphatic carbocycles. The average Bonchev–Trinajstić information content (AvgIpc) is 2.78. The number of anilines is 1. The number of rotatable bonds is 5. The number of carbonyl (C=O) groups is 1. The number of aromatic nitrogens is 2. The Balaban J connectivity index is 0.00000288. The van der Waals surface area contributed by atoms with Gasteiger partial charge in [-0.15, -0.1) is 17.5 Å². The maximum absolute atomic E-state index is 12.3. The van der Waals surface area contributed by atoms with Crippen molar-refractivity contribution in [2.24, 2.45) is 5.73 Å². The van der Waals surface area contributed by atoms with Gasteiger partial charge in [0, 0.05) is 11.8 Å². The van der Waals surface area contributed by atoms with E-state index < -0.39 is 5.54 Å². The molecule has 0 radical (unpaired) electrons. The summed E-state index contributed by atoms with van der Waals surface area (Å²) in [6.45, 7) is 9.84. The maximum atomic E-state index is 12.3. The third kappa shape index (κ3) is 4.58. The SMILES string of the molecule is CCCC(C)(N)C(=O)Nc1cc(C)n(-c2cc(C)cc(C)c2)n1.Cl. The molecule has 1 unspecified atom stereocenters. The largest absolute Gasteiger partial charge is 0.318 e. The number of nitrogens with two attached hydrogens (primary N) is 1. The number of amides is 1. The second kappa shape index (κ2) is 7.81. The van der Waals surface area contributed by atoms with Crippen LogP contribution in [0, 0.1) is 20.8 Å². The first-order chi connectivity index (χ1) is 10.7. The Morgan fingerprint density at radius 1 is 1.21 bits per heavy atom. The molecule has 1 heterocycles. The van der Waals surface area contributed by atoms with Crippen molar-refractivity contribution in [3.05, 3.63) is 41.1 Å². The van der Waals surface area contributed by atoms with E-state index in [4.69, 9.17) is 5.73 Å². The fourth-order valence-electron chi connectivity index (χ4n) is 2.76. The second-order valence-electron chi connectivity index (χ2n) is 6.55. The lowest BCUT2D eigenvalue weighted by Crippen LogP contribution is -2.48. The Kier molecular flexibility index (Phi) is 6.58. The van der Waals surface area contributed by atoms with Gasteiger partial charge in [-0.1, -0.05) is 19.4 Å². The van der Waals surface area contributed by atoms with Crippen LogP contribution in [0.2, 0.25) is 0 Å². The van der Waals surface area contributed by atoms with Crippen molar-refractivity contribution in [2.45, 2.75) is 53.0 Å². The lowest BCUT2D eigenvalue weighted by Gasteiger charge is -2.21. The van der Waals surface area contributed by atoms with Crippen LogP contribution in [0.1, 0.15) is 43.5 Å². The minimum atomic E-state index is -0.883. The van der Waals surface area contributed by atoms with Crippen LogP contribution in [0.15, 0.2) is 24.3 Å². The highest BCUT2D eigenvalue weighted by Gasteiger charge is 2.27. The molecule has 2 aromatic rings. The fourth-order valence-corrected chi connectivity index (χ4v) is 2.76. The minimum absolute atomic E-state index is 0. The van der Waals surface area contributed by atoms with E-state index in [0.29, 0.717) is 12.2 Å². The number of nitrogens with one attached hydrogen (secondary N) is 1. The van der Waals surface area contributed by atoms with E-state index in [-0.39, 0.29) is 18.3 Å². The highest BCUT2D eigenvalue weighted by Crippen LogP contribution is 2.19. The van der Waals surface area contributed by atoms with Gasteiger partial charge in [-0.05, 0) is 57.4 Å². The number of hydrogen-bond donors (Lipinski definition) is 2. The summed E-state index contributed by atoms with van der Waals surface area (Å²) in [5.41, 5.74) is 9.49. The van der Waals surface area contributed by atoms with Crippen molar-refractivity contribution in [1.82, 2.24) is 9.78 Å². The number of hydrogen-bond acceptors (Lipinski definition) is 3. The summed E-state index contributed by atoms with van der Waals surface area (Å²) in [5.74, 6) is 0.323. The molecule has 132 valence electrons. The van der Waals surface area contributed by atoms with E-state index in [1.165, 1.54) is 11.1 Å². The topological polar surface area (TPSA) is 72.9 Å². The van der Waals surface area contributed by atoms with Gasteiger partial charge in [-0.2, -0.15) is 0 Å². The van der Waals surface area contributed by atoms with E-state index in [1.807, 2.05) is 24.6 Å². The number of halogens is 1. The molecule has 0 spiro atoms. The molecule has 0 saturated heterocycles. The molecular formula is C18H27ClN4O. The molecule has 0 bridgehead atoms. The Morgan fingerprint density at radius 3 is 2.33 bits per heavy atom. The van der Waals surface area contributed by atoms with Gasteiger partial charge in [0.05, 0.1) is 11.2 Å². The molecule has 1 aromatic carbocycles. The van der Waals surface area contributed by atoms with Crippen LogP contribution in [-0.4, -0.2) is 21.2 Å². The monoisotopic (exact) mass is 350 g/mol. The summed E-state index contributed by atoms with van der Waals surface area (Å²) >= 11 is 0. The van der Waals surface area contributed by atoms with Crippen LogP contribution in [0.4, 0.5) is 5.82 Å². The fraction of sp³-hybridized carbons (Fsp3) is 0.444. The predicted molar refractivity (Wildman–Crippen MR) is 101 cm³/mol. The highest BCUT2D eigenvalue weighted by molar-refractivity contribution is 5.96. The number of nitrogens with zero attached hydrogens (tertiary/aromatic N) is 2. The summed E-state index contributed by atoms with van der Waals surface area (Å²) in [4.78, 5) is 12.3. The van der Waals surface area contributed by atoms with Crippen molar-refractivity contribution in [1.29, 1.82) is 0 Å². The molecule has 3 N–H and O–H groups in total. The molecule has 0 fully saturated rings. The number of aryl methyl sites for hydroxylation is 3. The molecule has 5 nitrogen and oxygen atoms in total. The molecule has 1 atom stereocenters. The van der Waals surface area contributed by atoms with Gasteiger partial charge in [0.25, 0.3) is 0 Å². The molecule has 0 aliphatic heterocycles. The van der Waals surface area contributed by atoms with Crippen LogP contribution in [0.5, 0.6) is 0 Å². The van der Waals surface area contributed by atoms with Crippen LogP contribution in [0.25, 0.3) is 5.69 Å². The van der Waals surface area contributed by atoms with Crippen molar-refractivity contribution >= 4 is 24.1 Å².